The molecule has 1 unspecified atom stereocenters. The van der Waals surface area contributed by atoms with Crippen molar-refractivity contribution >= 4 is 33.6 Å². The number of carbonyl (C=O) groups excluding carboxylic acids is 1. The van der Waals surface area contributed by atoms with E-state index in [9.17, 15) is 14.7 Å². The Labute approximate surface area is 198 Å². The molecular formula is C24H33N3O5S. The number of ether oxygens (including phenoxy) is 2. The number of carboxylic acid groups (broad SMARTS) is 1. The van der Waals surface area contributed by atoms with Gasteiger partial charge in [-0.1, -0.05) is 0 Å². The molecule has 9 heteroatoms. The van der Waals surface area contributed by atoms with E-state index in [1.54, 1.807) is 11.3 Å². The van der Waals surface area contributed by atoms with Crippen molar-refractivity contribution in [3.05, 3.63) is 16.8 Å². The van der Waals surface area contributed by atoms with Crippen molar-refractivity contribution < 1.29 is 24.2 Å². The lowest BCUT2D eigenvalue weighted by atomic mass is 9.92. The predicted octanol–water partition coefficient (Wildman–Crippen LogP) is 5.14. The van der Waals surface area contributed by atoms with Crippen molar-refractivity contribution in [3.63, 3.8) is 0 Å². The molecule has 1 amide bonds. The van der Waals surface area contributed by atoms with Crippen LogP contribution in [-0.2, 0) is 16.0 Å². The molecule has 1 N–H and O–H groups in total. The largest absolute Gasteiger partial charge is 0.481 e. The van der Waals surface area contributed by atoms with Crippen LogP contribution in [0.3, 0.4) is 0 Å². The number of thiophene rings is 1. The second-order valence-electron chi connectivity index (χ2n) is 9.95. The van der Waals surface area contributed by atoms with Gasteiger partial charge in [-0.25, -0.2) is 14.8 Å². The van der Waals surface area contributed by atoms with Gasteiger partial charge in [0.25, 0.3) is 0 Å². The zero-order chi connectivity index (χ0) is 23.8. The third-order valence-corrected chi connectivity index (χ3v) is 7.62. The molecule has 0 aromatic carbocycles. The van der Waals surface area contributed by atoms with Gasteiger partial charge in [0.05, 0.1) is 11.8 Å². The smallest absolute Gasteiger partial charge is 0.410 e. The quantitative estimate of drug-likeness (QED) is 0.617. The van der Waals surface area contributed by atoms with E-state index in [0.717, 1.165) is 54.3 Å². The third kappa shape index (κ3) is 5.23. The Morgan fingerprint density at radius 1 is 1.18 bits per heavy atom. The van der Waals surface area contributed by atoms with Crippen molar-refractivity contribution in [2.45, 2.75) is 96.3 Å². The van der Waals surface area contributed by atoms with Crippen molar-refractivity contribution in [2.75, 3.05) is 6.54 Å². The van der Waals surface area contributed by atoms with E-state index in [1.165, 1.54) is 11.2 Å². The first-order valence-corrected chi connectivity index (χ1v) is 12.6. The zero-order valence-electron chi connectivity index (χ0n) is 19.8. The highest BCUT2D eigenvalue weighted by molar-refractivity contribution is 7.19. The molecule has 0 saturated heterocycles. The number of nitrogens with zero attached hydrogens (tertiary/aromatic N) is 3. The van der Waals surface area contributed by atoms with Crippen LogP contribution in [0.2, 0.25) is 0 Å². The zero-order valence-corrected chi connectivity index (χ0v) is 20.6. The molecule has 4 rings (SSSR count). The maximum atomic E-state index is 12.6. The molecule has 2 aromatic heterocycles. The summed E-state index contributed by atoms with van der Waals surface area (Å²) in [4.78, 5) is 36.8. The summed E-state index contributed by atoms with van der Waals surface area (Å²) in [6.07, 6.45) is 6.46. The van der Waals surface area contributed by atoms with E-state index in [-0.39, 0.29) is 30.6 Å². The molecule has 1 atom stereocenters. The highest BCUT2D eigenvalue weighted by atomic mass is 32.1. The first-order valence-electron chi connectivity index (χ1n) is 11.8. The van der Waals surface area contributed by atoms with Crippen LogP contribution in [0, 0.1) is 0 Å². The fraction of sp³-hybridized carbons (Fsp3) is 0.667. The molecule has 0 radical (unpaired) electrons. The second-order valence-corrected chi connectivity index (χ2v) is 11.0. The molecular weight excluding hydrogens is 442 g/mol. The van der Waals surface area contributed by atoms with Crippen LogP contribution in [0.15, 0.2) is 6.33 Å². The molecule has 8 nitrogen and oxygen atoms in total. The number of aliphatic carboxylic acids is 1. The fourth-order valence-electron chi connectivity index (χ4n) is 5.03. The molecule has 33 heavy (non-hydrogen) atoms. The number of aryl methyl sites for hydroxylation is 1. The van der Waals surface area contributed by atoms with Crippen molar-refractivity contribution in [1.29, 1.82) is 0 Å². The first-order chi connectivity index (χ1) is 15.7. The SMILES string of the molecule is CCN(C(=O)OC(C)(C)C)C1CCC(Oc2ncnc3sc4c(c23)C(CC(=O)O)CC4)CC1. The lowest BCUT2D eigenvalue weighted by Crippen LogP contribution is -2.45. The van der Waals surface area contributed by atoms with Crippen molar-refractivity contribution in [1.82, 2.24) is 14.9 Å². The summed E-state index contributed by atoms with van der Waals surface area (Å²) < 4.78 is 12.0. The number of aromatic nitrogens is 2. The van der Waals surface area contributed by atoms with Crippen LogP contribution in [-0.4, -0.2) is 56.3 Å². The van der Waals surface area contributed by atoms with E-state index < -0.39 is 11.6 Å². The van der Waals surface area contributed by atoms with Gasteiger partial charge in [-0.15, -0.1) is 11.3 Å². The van der Waals surface area contributed by atoms with Crippen LogP contribution in [0.4, 0.5) is 4.79 Å². The number of hydrogen-bond acceptors (Lipinski definition) is 7. The number of carbonyl (C=O) groups is 2. The molecule has 2 aliphatic carbocycles. The summed E-state index contributed by atoms with van der Waals surface area (Å²) in [5, 5.41) is 10.2. The predicted molar refractivity (Wildman–Crippen MR) is 126 cm³/mol. The van der Waals surface area contributed by atoms with E-state index in [1.807, 2.05) is 32.6 Å². The van der Waals surface area contributed by atoms with Gasteiger partial charge in [0.1, 0.15) is 22.9 Å². The number of amides is 1. The van der Waals surface area contributed by atoms with E-state index >= 15 is 0 Å². The van der Waals surface area contributed by atoms with E-state index in [2.05, 4.69) is 9.97 Å². The maximum Gasteiger partial charge on any atom is 0.410 e. The third-order valence-electron chi connectivity index (χ3n) is 6.45. The van der Waals surface area contributed by atoms with Gasteiger partial charge in [-0.05, 0) is 77.7 Å². The lowest BCUT2D eigenvalue weighted by molar-refractivity contribution is -0.137. The molecule has 0 bridgehead atoms. The Hall–Kier alpha value is -2.42. The van der Waals surface area contributed by atoms with E-state index in [4.69, 9.17) is 9.47 Å². The van der Waals surface area contributed by atoms with Gasteiger partial charge in [0, 0.05) is 17.5 Å². The fourth-order valence-corrected chi connectivity index (χ4v) is 6.27. The Kier molecular flexibility index (Phi) is 6.79. The number of hydrogen-bond donors (Lipinski definition) is 1. The summed E-state index contributed by atoms with van der Waals surface area (Å²) in [6, 6.07) is 0.139. The van der Waals surface area contributed by atoms with Crippen LogP contribution >= 0.6 is 11.3 Å². The second kappa shape index (κ2) is 9.44. The summed E-state index contributed by atoms with van der Waals surface area (Å²) >= 11 is 1.63. The average molecular weight is 476 g/mol. The van der Waals surface area contributed by atoms with Gasteiger partial charge in [0.15, 0.2) is 0 Å². The van der Waals surface area contributed by atoms with Gasteiger partial charge in [-0.2, -0.15) is 0 Å². The van der Waals surface area contributed by atoms with E-state index in [0.29, 0.717) is 12.4 Å². The number of rotatable bonds is 6. The molecule has 2 heterocycles. The van der Waals surface area contributed by atoms with Gasteiger partial charge < -0.3 is 19.5 Å². The van der Waals surface area contributed by atoms with Crippen molar-refractivity contribution in [3.8, 4) is 5.88 Å². The topological polar surface area (TPSA) is 102 Å². The highest BCUT2D eigenvalue weighted by Gasteiger charge is 2.34. The minimum atomic E-state index is -0.782. The average Bonchev–Trinajstić information content (AvgIpc) is 3.28. The van der Waals surface area contributed by atoms with Gasteiger partial charge in [0.2, 0.25) is 5.88 Å². The molecule has 1 saturated carbocycles. The Morgan fingerprint density at radius 2 is 1.91 bits per heavy atom. The van der Waals surface area contributed by atoms with Crippen LogP contribution in [0.5, 0.6) is 5.88 Å². The van der Waals surface area contributed by atoms with Gasteiger partial charge in [-0.3, -0.25) is 4.79 Å². The minimum Gasteiger partial charge on any atom is -0.481 e. The first kappa shape index (κ1) is 23.7. The van der Waals surface area contributed by atoms with Crippen molar-refractivity contribution in [2.24, 2.45) is 0 Å². The number of carboxylic acids is 1. The summed E-state index contributed by atoms with van der Waals surface area (Å²) in [6.45, 7) is 8.24. The molecule has 1 fully saturated rings. The Balaban J connectivity index is 1.45. The molecule has 2 aromatic rings. The summed E-state index contributed by atoms with van der Waals surface area (Å²) in [5.41, 5.74) is 0.562. The number of fused-ring (bicyclic) bond motifs is 3. The molecule has 0 aliphatic heterocycles. The Morgan fingerprint density at radius 3 is 2.55 bits per heavy atom. The normalized spacial score (nSPS) is 22.7. The minimum absolute atomic E-state index is 0.00608. The monoisotopic (exact) mass is 475 g/mol. The molecule has 0 spiro atoms. The maximum absolute atomic E-state index is 12.6. The summed E-state index contributed by atoms with van der Waals surface area (Å²) in [7, 11) is 0. The summed E-state index contributed by atoms with van der Waals surface area (Å²) in [5.74, 6) is -0.227. The van der Waals surface area contributed by atoms with Crippen LogP contribution < -0.4 is 4.74 Å². The highest BCUT2D eigenvalue weighted by Crippen LogP contribution is 2.47. The Bertz CT molecular complexity index is 1020. The standard InChI is InChI=1S/C24H33N3O5S/c1-5-27(23(30)32-24(2,3)4)15-7-9-16(10-8-15)31-21-20-19-14(12-18(28)29)6-11-17(19)33-22(20)26-13-25-21/h13-16H,5-12H2,1-4H3,(H,28,29). The van der Waals surface area contributed by atoms with Crippen LogP contribution in [0.25, 0.3) is 10.2 Å². The van der Waals surface area contributed by atoms with Gasteiger partial charge >= 0.3 is 12.1 Å². The molecule has 180 valence electrons. The lowest BCUT2D eigenvalue weighted by Gasteiger charge is -2.37. The van der Waals surface area contributed by atoms with Crippen LogP contribution in [0.1, 0.15) is 82.6 Å². The molecule has 2 aliphatic rings.